The molecule has 206 valence electrons. The summed E-state index contributed by atoms with van der Waals surface area (Å²) in [7, 11) is 0. The maximum atomic E-state index is 13.0. The predicted octanol–water partition coefficient (Wildman–Crippen LogP) is 0.905. The van der Waals surface area contributed by atoms with Gasteiger partial charge in [-0.15, -0.1) is 0 Å². The van der Waals surface area contributed by atoms with Crippen LogP contribution in [0.15, 0.2) is 30.5 Å². The first-order chi connectivity index (χ1) is 18.9. The average molecular weight is 534 g/mol. The smallest absolute Gasteiger partial charge is 0.277 e. The number of benzene rings is 1. The van der Waals surface area contributed by atoms with Gasteiger partial charge in [0.05, 0.1) is 13.1 Å². The van der Waals surface area contributed by atoms with Crippen LogP contribution >= 0.6 is 0 Å². The van der Waals surface area contributed by atoms with Crippen LogP contribution in [0, 0.1) is 0 Å². The molecule has 1 aromatic carbocycles. The van der Waals surface area contributed by atoms with Gasteiger partial charge in [-0.3, -0.25) is 9.59 Å². The molecule has 39 heavy (non-hydrogen) atoms. The Morgan fingerprint density at radius 2 is 1.92 bits per heavy atom. The molecule has 0 atom stereocenters. The highest BCUT2D eigenvalue weighted by molar-refractivity contribution is 5.98. The third-order valence-corrected chi connectivity index (χ3v) is 7.45. The van der Waals surface area contributed by atoms with Crippen LogP contribution in [0.2, 0.25) is 0 Å². The van der Waals surface area contributed by atoms with Gasteiger partial charge in [0.1, 0.15) is 12.1 Å². The number of nitrogens with zero attached hydrogens (tertiary/aromatic N) is 5. The Balaban J connectivity index is 1.31. The molecule has 7 N–H and O–H groups in total. The van der Waals surface area contributed by atoms with Gasteiger partial charge in [-0.2, -0.15) is 0 Å². The number of aryl methyl sites for hydroxylation is 2. The van der Waals surface area contributed by atoms with E-state index >= 15 is 0 Å². The van der Waals surface area contributed by atoms with Crippen molar-refractivity contribution < 1.29 is 14.2 Å². The Morgan fingerprint density at radius 1 is 1.13 bits per heavy atom. The van der Waals surface area contributed by atoms with Crippen LogP contribution in [-0.4, -0.2) is 68.5 Å². The number of hydrogen-bond donors (Lipinski definition) is 5. The number of hydrogen-bond acceptors (Lipinski definition) is 7. The van der Waals surface area contributed by atoms with Crippen LogP contribution < -0.4 is 26.7 Å². The van der Waals surface area contributed by atoms with E-state index in [1.807, 2.05) is 25.1 Å². The van der Waals surface area contributed by atoms with Gasteiger partial charge in [0.25, 0.3) is 17.6 Å². The Kier molecular flexibility index (Phi) is 7.75. The van der Waals surface area contributed by atoms with Crippen molar-refractivity contribution in [2.75, 3.05) is 31.9 Å². The molecule has 12 heteroatoms. The molecule has 4 heterocycles. The van der Waals surface area contributed by atoms with Gasteiger partial charge in [-0.1, -0.05) is 0 Å². The van der Waals surface area contributed by atoms with Crippen LogP contribution in [0.5, 0.6) is 0 Å². The number of aromatic nitrogens is 5. The lowest BCUT2D eigenvalue weighted by Gasteiger charge is -2.29. The first-order valence-corrected chi connectivity index (χ1v) is 13.6. The van der Waals surface area contributed by atoms with Crippen molar-refractivity contribution in [1.82, 2.24) is 35.1 Å². The van der Waals surface area contributed by atoms with E-state index in [-0.39, 0.29) is 24.0 Å². The van der Waals surface area contributed by atoms with Gasteiger partial charge in [0.2, 0.25) is 0 Å². The number of anilines is 1. The van der Waals surface area contributed by atoms with Gasteiger partial charge in [0.15, 0.2) is 28.2 Å². The van der Waals surface area contributed by atoms with Crippen molar-refractivity contribution in [3.8, 4) is 0 Å². The van der Waals surface area contributed by atoms with Gasteiger partial charge >= 0.3 is 0 Å². The Bertz CT molecular complexity index is 1500. The minimum absolute atomic E-state index is 0.0707. The van der Waals surface area contributed by atoms with Crippen molar-refractivity contribution in [3.05, 3.63) is 47.5 Å². The van der Waals surface area contributed by atoms with Crippen LogP contribution in [0.25, 0.3) is 22.2 Å². The summed E-state index contributed by atoms with van der Waals surface area (Å²) in [6.07, 6.45) is 3.71. The van der Waals surface area contributed by atoms with E-state index in [4.69, 9.17) is 11.5 Å². The Hall–Kier alpha value is -4.03. The fourth-order valence-corrected chi connectivity index (χ4v) is 5.33. The zero-order valence-corrected chi connectivity index (χ0v) is 22.5. The molecule has 1 saturated heterocycles. The monoisotopic (exact) mass is 533 g/mol. The second-order valence-electron chi connectivity index (χ2n) is 9.89. The number of amides is 2. The fourth-order valence-electron chi connectivity index (χ4n) is 5.33. The maximum Gasteiger partial charge on any atom is 0.277 e. The molecule has 12 nitrogen and oxygen atoms in total. The van der Waals surface area contributed by atoms with Crippen LogP contribution in [-0.2, 0) is 19.6 Å². The minimum atomic E-state index is -0.394. The van der Waals surface area contributed by atoms with E-state index < -0.39 is 5.91 Å². The highest BCUT2D eigenvalue weighted by atomic mass is 16.2. The number of carbonyl (C=O) groups excluding carboxylic acids is 2. The summed E-state index contributed by atoms with van der Waals surface area (Å²) in [5.74, 6) is 0.496. The molecule has 0 saturated carbocycles. The zero-order chi connectivity index (χ0) is 27.5. The standard InChI is InChI=1S/C27H36N10O2/c1-3-36-20-6-5-17(26(38)31-11-14-35-12-8-18(28)9-13-35)15-21(20)37(4-2)22(36)16-32-27(39)23-24(29)34-25-19(33-23)7-10-30-25/h5-7,10,15,18H,3-4,8-9,11-14,16,28H2,1-2H3,(H4-,29,30,31,32,33,34,38,39)/p+1. The number of nitrogens with one attached hydrogen (secondary N) is 3. The third-order valence-electron chi connectivity index (χ3n) is 7.45. The van der Waals surface area contributed by atoms with Gasteiger partial charge in [-0.05, 0) is 58.0 Å². The highest BCUT2D eigenvalue weighted by Crippen LogP contribution is 2.18. The lowest BCUT2D eigenvalue weighted by Crippen LogP contribution is -2.43. The Morgan fingerprint density at radius 3 is 2.67 bits per heavy atom. The number of nitrogens with two attached hydrogens (primary N) is 2. The molecule has 0 spiro atoms. The molecule has 5 rings (SSSR count). The van der Waals surface area contributed by atoms with E-state index in [2.05, 4.69) is 46.5 Å². The lowest BCUT2D eigenvalue weighted by molar-refractivity contribution is -0.676. The molecule has 0 bridgehead atoms. The van der Waals surface area contributed by atoms with Crippen LogP contribution in [0.4, 0.5) is 5.82 Å². The number of rotatable bonds is 9. The largest absolute Gasteiger partial charge is 0.382 e. The number of carbonyl (C=O) groups is 2. The van der Waals surface area contributed by atoms with E-state index in [0.29, 0.717) is 42.4 Å². The van der Waals surface area contributed by atoms with Crippen molar-refractivity contribution in [2.45, 2.75) is 52.4 Å². The molecule has 1 aliphatic rings. The quantitative estimate of drug-likeness (QED) is 0.200. The normalized spacial score (nSPS) is 14.7. The maximum absolute atomic E-state index is 13.0. The summed E-state index contributed by atoms with van der Waals surface area (Å²) in [4.78, 5) is 39.9. The molecule has 1 aliphatic heterocycles. The number of piperidine rings is 1. The first-order valence-electron chi connectivity index (χ1n) is 13.6. The first kappa shape index (κ1) is 26.6. The molecule has 3 aromatic heterocycles. The van der Waals surface area contributed by atoms with Crippen LogP contribution in [0.3, 0.4) is 0 Å². The summed E-state index contributed by atoms with van der Waals surface area (Å²) in [5.41, 5.74) is 15.7. The number of imidazole rings is 1. The number of likely N-dealkylation sites (tertiary alicyclic amines) is 1. The summed E-state index contributed by atoms with van der Waals surface area (Å²) in [5, 5.41) is 6.01. The van der Waals surface area contributed by atoms with Crippen molar-refractivity contribution in [3.63, 3.8) is 0 Å². The second-order valence-corrected chi connectivity index (χ2v) is 9.89. The lowest BCUT2D eigenvalue weighted by atomic mass is 10.1. The van der Waals surface area contributed by atoms with Crippen molar-refractivity contribution >= 4 is 39.8 Å². The third kappa shape index (κ3) is 5.43. The highest BCUT2D eigenvalue weighted by Gasteiger charge is 2.26. The summed E-state index contributed by atoms with van der Waals surface area (Å²) < 4.78 is 4.27. The molecular formula is C27H37N10O2+. The van der Waals surface area contributed by atoms with E-state index in [9.17, 15) is 9.59 Å². The summed E-state index contributed by atoms with van der Waals surface area (Å²) >= 11 is 0. The number of nitrogen functional groups attached to an aromatic ring is 1. The number of aromatic amines is 1. The van der Waals surface area contributed by atoms with E-state index in [1.165, 1.54) is 0 Å². The predicted molar refractivity (Wildman–Crippen MR) is 149 cm³/mol. The summed E-state index contributed by atoms with van der Waals surface area (Å²) in [6.45, 7) is 9.11. The molecule has 0 unspecified atom stereocenters. The average Bonchev–Trinajstić information content (AvgIpc) is 3.52. The minimum Gasteiger partial charge on any atom is -0.382 e. The topological polar surface area (TPSA) is 164 Å². The zero-order valence-electron chi connectivity index (χ0n) is 22.5. The molecule has 0 aliphatic carbocycles. The molecule has 1 fully saturated rings. The number of H-pyrrole nitrogens is 1. The molecule has 0 radical (unpaired) electrons. The molecule has 2 amide bonds. The molecular weight excluding hydrogens is 496 g/mol. The van der Waals surface area contributed by atoms with Gasteiger partial charge in [-0.25, -0.2) is 19.1 Å². The van der Waals surface area contributed by atoms with Crippen molar-refractivity contribution in [1.29, 1.82) is 0 Å². The molecule has 4 aromatic rings. The fraction of sp³-hybridized carbons (Fsp3) is 0.444. The van der Waals surface area contributed by atoms with Gasteiger partial charge < -0.3 is 32.0 Å². The summed E-state index contributed by atoms with van der Waals surface area (Å²) in [6, 6.07) is 7.79. The van der Waals surface area contributed by atoms with E-state index in [0.717, 1.165) is 49.3 Å². The van der Waals surface area contributed by atoms with Gasteiger partial charge in [0, 0.05) is 37.0 Å². The number of fused-ring (bicyclic) bond motifs is 2. The van der Waals surface area contributed by atoms with Crippen molar-refractivity contribution in [2.24, 2.45) is 5.73 Å². The SMILES string of the molecule is CCn1c(CNC(=O)c2nc3cc[nH]c3nc2N)[n+](CC)c2ccc(C(=O)NCCN3CCC(N)CC3)cc21. The van der Waals surface area contributed by atoms with Crippen LogP contribution in [0.1, 0.15) is 53.4 Å². The Labute approximate surface area is 226 Å². The van der Waals surface area contributed by atoms with E-state index in [1.54, 1.807) is 12.3 Å². The second kappa shape index (κ2) is 11.4.